The molecule has 1 heterocycles. The largest absolute Gasteiger partial charge is 0.433 e. The summed E-state index contributed by atoms with van der Waals surface area (Å²) in [6.45, 7) is 0. The van der Waals surface area contributed by atoms with Crippen molar-refractivity contribution < 1.29 is 26.4 Å². The van der Waals surface area contributed by atoms with Crippen molar-refractivity contribution in [2.45, 2.75) is 43.9 Å². The minimum absolute atomic E-state index is 0.181. The van der Waals surface area contributed by atoms with Gasteiger partial charge in [0.05, 0.1) is 11.8 Å². The molecule has 4 rings (SSSR count). The van der Waals surface area contributed by atoms with Crippen molar-refractivity contribution in [3.63, 3.8) is 0 Å². The highest BCUT2D eigenvalue weighted by Crippen LogP contribution is 2.35. The molecule has 3 aromatic rings. The average Bonchev–Trinajstić information content (AvgIpc) is 2.78. The molecule has 0 saturated heterocycles. The van der Waals surface area contributed by atoms with E-state index in [9.17, 15) is 26.4 Å². The SMILES string of the molecule is CS(=O)(=O)Nc1cccc(C(=O)N[C@H]2CCC[C@@H](Nc3cc(C(F)(F)F)nc4ccc(Cl)cc34)C2)c1. The number of alkyl halides is 3. The Morgan fingerprint density at radius 2 is 1.83 bits per heavy atom. The van der Waals surface area contributed by atoms with Gasteiger partial charge in [-0.05, 0) is 68.1 Å². The predicted octanol–water partition coefficient (Wildman–Crippen LogP) is 5.43. The Labute approximate surface area is 211 Å². The van der Waals surface area contributed by atoms with Crippen LogP contribution in [0, 0.1) is 0 Å². The Bertz CT molecular complexity index is 1400. The molecule has 7 nitrogen and oxygen atoms in total. The van der Waals surface area contributed by atoms with Crippen molar-refractivity contribution in [2.24, 2.45) is 0 Å². The first-order valence-corrected chi connectivity index (χ1v) is 13.5. The van der Waals surface area contributed by atoms with Crippen LogP contribution in [0.3, 0.4) is 0 Å². The molecular formula is C24H24ClF3N4O3S. The topological polar surface area (TPSA) is 100 Å². The fourth-order valence-corrected chi connectivity index (χ4v) is 5.07. The number of anilines is 2. The third-order valence-corrected chi connectivity index (χ3v) is 6.70. The van der Waals surface area contributed by atoms with Gasteiger partial charge in [0.25, 0.3) is 5.91 Å². The first kappa shape index (κ1) is 26.0. The minimum atomic E-state index is -4.60. The van der Waals surface area contributed by atoms with Crippen molar-refractivity contribution in [3.8, 4) is 0 Å². The third-order valence-electron chi connectivity index (χ3n) is 5.86. The molecule has 3 N–H and O–H groups in total. The zero-order valence-electron chi connectivity index (χ0n) is 19.2. The standard InChI is InChI=1S/C24H24ClF3N4O3S/c1-36(34,35)32-18-7-2-4-14(10-18)23(33)30-17-6-3-5-16(12-17)29-21-13-22(24(26,27)28)31-20-9-8-15(25)11-19(20)21/h2,4,7-11,13,16-17,32H,3,5-6,12H2,1H3,(H,29,31)(H,30,33)/t16-,17+/m1/s1. The first-order valence-electron chi connectivity index (χ1n) is 11.2. The van der Waals surface area contributed by atoms with Crippen LogP contribution in [0.1, 0.15) is 41.7 Å². The maximum atomic E-state index is 13.4. The molecule has 1 saturated carbocycles. The lowest BCUT2D eigenvalue weighted by molar-refractivity contribution is -0.140. The van der Waals surface area contributed by atoms with E-state index in [0.717, 1.165) is 18.7 Å². The van der Waals surface area contributed by atoms with E-state index in [4.69, 9.17) is 11.6 Å². The number of rotatable bonds is 6. The number of nitrogens with one attached hydrogen (secondary N) is 3. The van der Waals surface area contributed by atoms with Gasteiger partial charge < -0.3 is 10.6 Å². The van der Waals surface area contributed by atoms with Crippen LogP contribution in [0.2, 0.25) is 5.02 Å². The van der Waals surface area contributed by atoms with Crippen molar-refractivity contribution in [1.29, 1.82) is 0 Å². The number of pyridine rings is 1. The average molecular weight is 541 g/mol. The van der Waals surface area contributed by atoms with E-state index in [1.54, 1.807) is 24.3 Å². The van der Waals surface area contributed by atoms with E-state index >= 15 is 0 Å². The van der Waals surface area contributed by atoms with Crippen LogP contribution in [-0.2, 0) is 16.2 Å². The molecule has 0 unspecified atom stereocenters. The molecule has 36 heavy (non-hydrogen) atoms. The molecule has 2 atom stereocenters. The van der Waals surface area contributed by atoms with Gasteiger partial charge in [0.1, 0.15) is 5.69 Å². The number of aromatic nitrogens is 1. The molecule has 1 fully saturated rings. The number of fused-ring (bicyclic) bond motifs is 1. The fraction of sp³-hybridized carbons (Fsp3) is 0.333. The van der Waals surface area contributed by atoms with Crippen LogP contribution >= 0.6 is 11.6 Å². The Kier molecular flexibility index (Phi) is 7.33. The van der Waals surface area contributed by atoms with Gasteiger partial charge in [-0.25, -0.2) is 13.4 Å². The molecule has 0 bridgehead atoms. The minimum Gasteiger partial charge on any atom is -0.382 e. The number of halogens is 4. The van der Waals surface area contributed by atoms with Crippen LogP contribution in [0.15, 0.2) is 48.5 Å². The van der Waals surface area contributed by atoms with Gasteiger partial charge in [-0.3, -0.25) is 9.52 Å². The van der Waals surface area contributed by atoms with Crippen LogP contribution in [0.4, 0.5) is 24.5 Å². The quantitative estimate of drug-likeness (QED) is 0.387. The second-order valence-corrected chi connectivity index (χ2v) is 11.0. The first-order chi connectivity index (χ1) is 16.9. The van der Waals surface area contributed by atoms with Crippen LogP contribution < -0.4 is 15.4 Å². The summed E-state index contributed by atoms with van der Waals surface area (Å²) in [7, 11) is -3.49. The zero-order chi connectivity index (χ0) is 26.1. The summed E-state index contributed by atoms with van der Waals surface area (Å²) in [5, 5.41) is 7.03. The number of hydrogen-bond donors (Lipinski definition) is 3. The van der Waals surface area contributed by atoms with E-state index < -0.39 is 21.9 Å². The number of carbonyl (C=O) groups excluding carboxylic acids is 1. The second-order valence-electron chi connectivity index (χ2n) is 8.85. The normalized spacial score (nSPS) is 18.6. The molecule has 0 aliphatic heterocycles. The lowest BCUT2D eigenvalue weighted by Gasteiger charge is -2.31. The fourth-order valence-electron chi connectivity index (χ4n) is 4.34. The lowest BCUT2D eigenvalue weighted by atomic mass is 9.90. The lowest BCUT2D eigenvalue weighted by Crippen LogP contribution is -2.41. The number of nitrogens with zero attached hydrogens (tertiary/aromatic N) is 1. The second kappa shape index (κ2) is 10.1. The maximum Gasteiger partial charge on any atom is 0.433 e. The van der Waals surface area contributed by atoms with Gasteiger partial charge in [0, 0.05) is 39.4 Å². The van der Waals surface area contributed by atoms with Crippen LogP contribution in [0.25, 0.3) is 10.9 Å². The van der Waals surface area contributed by atoms with Gasteiger partial charge in [-0.2, -0.15) is 13.2 Å². The Morgan fingerprint density at radius 3 is 2.56 bits per heavy atom. The van der Waals surface area contributed by atoms with Gasteiger partial charge >= 0.3 is 6.18 Å². The predicted molar refractivity (Wildman–Crippen MR) is 134 cm³/mol. The highest BCUT2D eigenvalue weighted by Gasteiger charge is 2.34. The number of hydrogen-bond acceptors (Lipinski definition) is 5. The highest BCUT2D eigenvalue weighted by molar-refractivity contribution is 7.92. The molecule has 1 aromatic heterocycles. The smallest absolute Gasteiger partial charge is 0.382 e. The van der Waals surface area contributed by atoms with Crippen molar-refractivity contribution in [1.82, 2.24) is 10.3 Å². The van der Waals surface area contributed by atoms with Gasteiger partial charge in [-0.15, -0.1) is 0 Å². The van der Waals surface area contributed by atoms with Crippen LogP contribution in [0.5, 0.6) is 0 Å². The number of carbonyl (C=O) groups is 1. The Morgan fingerprint density at radius 1 is 1.08 bits per heavy atom. The van der Waals surface area contributed by atoms with Gasteiger partial charge in [0.2, 0.25) is 10.0 Å². The number of amides is 1. The number of sulfonamides is 1. The molecule has 0 spiro atoms. The van der Waals surface area contributed by atoms with Crippen LogP contribution in [-0.4, -0.2) is 37.6 Å². The molecule has 192 valence electrons. The van der Waals surface area contributed by atoms with E-state index in [1.165, 1.54) is 18.2 Å². The van der Waals surface area contributed by atoms with Crippen molar-refractivity contribution in [2.75, 3.05) is 16.3 Å². The molecule has 12 heteroatoms. The summed E-state index contributed by atoms with van der Waals surface area (Å²) in [4.78, 5) is 16.5. The molecular weight excluding hydrogens is 517 g/mol. The summed E-state index contributed by atoms with van der Waals surface area (Å²) < 4.78 is 65.6. The summed E-state index contributed by atoms with van der Waals surface area (Å²) in [5.74, 6) is -0.363. The summed E-state index contributed by atoms with van der Waals surface area (Å²) in [5.41, 5.74) is 0.0368. The van der Waals surface area contributed by atoms with Gasteiger partial charge in [0.15, 0.2) is 0 Å². The van der Waals surface area contributed by atoms with E-state index in [-0.39, 0.29) is 34.9 Å². The maximum absolute atomic E-state index is 13.4. The summed E-state index contributed by atoms with van der Waals surface area (Å²) >= 11 is 6.09. The third kappa shape index (κ3) is 6.58. The molecule has 2 aromatic carbocycles. The van der Waals surface area contributed by atoms with Crippen molar-refractivity contribution in [3.05, 3.63) is 64.8 Å². The van der Waals surface area contributed by atoms with E-state index in [2.05, 4.69) is 20.3 Å². The van der Waals surface area contributed by atoms with Crippen molar-refractivity contribution >= 4 is 49.8 Å². The highest BCUT2D eigenvalue weighted by atomic mass is 35.5. The van der Waals surface area contributed by atoms with Gasteiger partial charge in [-0.1, -0.05) is 17.7 Å². The molecule has 1 amide bonds. The summed E-state index contributed by atoms with van der Waals surface area (Å²) in [6.07, 6.45) is -0.902. The molecule has 0 radical (unpaired) electrons. The Balaban J connectivity index is 1.50. The summed E-state index contributed by atoms with van der Waals surface area (Å²) in [6, 6.07) is 11.2. The monoisotopic (exact) mass is 540 g/mol. The number of benzene rings is 2. The molecule has 1 aliphatic carbocycles. The van der Waals surface area contributed by atoms with E-state index in [1.807, 2.05) is 0 Å². The van der Waals surface area contributed by atoms with E-state index in [0.29, 0.717) is 35.2 Å². The zero-order valence-corrected chi connectivity index (χ0v) is 20.8. The Hall–Kier alpha value is -3.05. The molecule has 1 aliphatic rings.